The van der Waals surface area contributed by atoms with Gasteiger partial charge in [-0.3, -0.25) is 10.1 Å². The Hall–Kier alpha value is -4.19. The van der Waals surface area contributed by atoms with E-state index >= 15 is 0 Å². The molecule has 0 radical (unpaired) electrons. The summed E-state index contributed by atoms with van der Waals surface area (Å²) in [6.45, 7) is 0.788. The number of anilines is 1. The highest BCUT2D eigenvalue weighted by Gasteiger charge is 2.15. The molecule has 0 aliphatic heterocycles. The van der Waals surface area contributed by atoms with E-state index in [2.05, 4.69) is 15.4 Å². The maximum atomic E-state index is 12.5. The monoisotopic (exact) mass is 551 g/mol. The maximum Gasteiger partial charge on any atom is 0.257 e. The Balaban J connectivity index is 1.21. The molecule has 3 N–H and O–H groups in total. The summed E-state index contributed by atoms with van der Waals surface area (Å²) in [6.07, 6.45) is 1.47. The smallest absolute Gasteiger partial charge is 0.257 e. The fourth-order valence-electron chi connectivity index (χ4n) is 3.26. The van der Waals surface area contributed by atoms with Crippen molar-refractivity contribution in [1.82, 2.24) is 10.0 Å². The molecule has 0 saturated heterocycles. The number of thiocarbonyl (C=S) groups is 1. The van der Waals surface area contributed by atoms with E-state index in [1.54, 1.807) is 48.5 Å². The summed E-state index contributed by atoms with van der Waals surface area (Å²) in [7, 11) is -3.72. The van der Waals surface area contributed by atoms with Gasteiger partial charge in [-0.25, -0.2) is 13.1 Å². The molecule has 4 rings (SSSR count). The van der Waals surface area contributed by atoms with Gasteiger partial charge in [0.15, 0.2) is 5.11 Å². The fourth-order valence-corrected chi connectivity index (χ4v) is 4.46. The maximum absolute atomic E-state index is 12.5. The van der Waals surface area contributed by atoms with Gasteiger partial charge in [-0.1, -0.05) is 18.2 Å². The Kier molecular flexibility index (Phi) is 9.09. The molecule has 3 aromatic carbocycles. The SMILES string of the molecule is O=C(NC(=S)Nc1ccc(S(=O)(=O)NCc2ccco2)cc1)c1ccc(OCCOc2ccccc2)cc1. The van der Waals surface area contributed by atoms with Gasteiger partial charge in [-0.2, -0.15) is 0 Å². The third-order valence-electron chi connectivity index (χ3n) is 5.15. The number of sulfonamides is 1. The van der Waals surface area contributed by atoms with Crippen LogP contribution in [0.3, 0.4) is 0 Å². The van der Waals surface area contributed by atoms with Crippen LogP contribution in [0, 0.1) is 0 Å². The highest BCUT2D eigenvalue weighted by Crippen LogP contribution is 2.16. The quantitative estimate of drug-likeness (QED) is 0.186. The minimum Gasteiger partial charge on any atom is -0.490 e. The molecule has 0 fully saturated rings. The molecule has 4 aromatic rings. The number of para-hydroxylation sites is 1. The third kappa shape index (κ3) is 7.90. The van der Waals surface area contributed by atoms with Gasteiger partial charge < -0.3 is 19.2 Å². The van der Waals surface area contributed by atoms with E-state index in [0.29, 0.717) is 36.0 Å². The second kappa shape index (κ2) is 12.9. The van der Waals surface area contributed by atoms with Crippen LogP contribution in [0.4, 0.5) is 5.69 Å². The molecule has 0 aliphatic rings. The van der Waals surface area contributed by atoms with Crippen molar-refractivity contribution in [2.75, 3.05) is 18.5 Å². The standard InChI is InChI=1S/C27H25N3O6S2/c31-26(20-8-12-23(13-9-20)36-18-17-35-22-5-2-1-3-6-22)30-27(37)29-21-10-14-25(15-11-21)38(32,33)28-19-24-7-4-16-34-24/h1-16,28H,17-19H2,(H2,29,30,31,37). The number of carbonyl (C=O) groups is 1. The first-order valence-electron chi connectivity index (χ1n) is 11.5. The summed E-state index contributed by atoms with van der Waals surface area (Å²) in [5.41, 5.74) is 0.910. The van der Waals surface area contributed by atoms with Crippen LogP contribution < -0.4 is 24.8 Å². The van der Waals surface area contributed by atoms with Crippen LogP contribution in [0.25, 0.3) is 0 Å². The average molecular weight is 552 g/mol. The van der Waals surface area contributed by atoms with Crippen LogP contribution >= 0.6 is 12.2 Å². The van der Waals surface area contributed by atoms with Crippen molar-refractivity contribution in [3.8, 4) is 11.5 Å². The molecule has 0 aliphatic carbocycles. The van der Waals surface area contributed by atoms with Gasteiger partial charge in [0.25, 0.3) is 5.91 Å². The zero-order valence-corrected chi connectivity index (χ0v) is 21.8. The molecule has 0 unspecified atom stereocenters. The molecule has 196 valence electrons. The first-order chi connectivity index (χ1) is 18.4. The van der Waals surface area contributed by atoms with Gasteiger partial charge in [0, 0.05) is 11.3 Å². The summed E-state index contributed by atoms with van der Waals surface area (Å²) in [5.74, 6) is 1.48. The minimum atomic E-state index is -3.72. The van der Waals surface area contributed by atoms with Gasteiger partial charge in [0.1, 0.15) is 30.5 Å². The topological polar surface area (TPSA) is 119 Å². The third-order valence-corrected chi connectivity index (χ3v) is 6.77. The summed E-state index contributed by atoms with van der Waals surface area (Å²) in [4.78, 5) is 12.6. The molecule has 11 heteroatoms. The molecule has 1 aromatic heterocycles. The second-order valence-corrected chi connectivity index (χ2v) is 10.0. The number of ether oxygens (including phenoxy) is 2. The van der Waals surface area contributed by atoms with Crippen molar-refractivity contribution in [2.24, 2.45) is 0 Å². The highest BCUT2D eigenvalue weighted by molar-refractivity contribution is 7.89. The van der Waals surface area contributed by atoms with Crippen molar-refractivity contribution >= 4 is 38.9 Å². The lowest BCUT2D eigenvalue weighted by Crippen LogP contribution is -2.34. The molecule has 9 nitrogen and oxygen atoms in total. The lowest BCUT2D eigenvalue weighted by Gasteiger charge is -2.11. The lowest BCUT2D eigenvalue weighted by molar-refractivity contribution is 0.0977. The number of rotatable bonds is 11. The summed E-state index contributed by atoms with van der Waals surface area (Å²) < 4.78 is 43.7. The van der Waals surface area contributed by atoms with E-state index in [9.17, 15) is 13.2 Å². The summed E-state index contributed by atoms with van der Waals surface area (Å²) in [5, 5.41) is 5.53. The molecule has 0 atom stereocenters. The molecule has 0 bridgehead atoms. The Labute approximate surface area is 225 Å². The van der Waals surface area contributed by atoms with Crippen molar-refractivity contribution in [3.05, 3.63) is 109 Å². The Morgan fingerprint density at radius 2 is 1.47 bits per heavy atom. The van der Waals surface area contributed by atoms with Crippen LogP contribution in [-0.2, 0) is 16.6 Å². The van der Waals surface area contributed by atoms with Crippen LogP contribution in [0.2, 0.25) is 0 Å². The number of benzene rings is 3. The summed E-state index contributed by atoms with van der Waals surface area (Å²) >= 11 is 5.22. The molecule has 0 saturated carbocycles. The largest absolute Gasteiger partial charge is 0.490 e. The van der Waals surface area contributed by atoms with E-state index in [4.69, 9.17) is 26.1 Å². The van der Waals surface area contributed by atoms with Crippen molar-refractivity contribution in [1.29, 1.82) is 0 Å². The predicted octanol–water partition coefficient (Wildman–Crippen LogP) is 4.34. The van der Waals surface area contributed by atoms with E-state index < -0.39 is 15.9 Å². The number of amides is 1. The zero-order chi connectivity index (χ0) is 26.8. The van der Waals surface area contributed by atoms with Gasteiger partial charge in [0.2, 0.25) is 10.0 Å². The zero-order valence-electron chi connectivity index (χ0n) is 20.1. The number of furan rings is 1. The minimum absolute atomic E-state index is 0.0429. The van der Waals surface area contributed by atoms with Gasteiger partial charge in [-0.15, -0.1) is 0 Å². The molecule has 1 heterocycles. The number of hydrogen-bond donors (Lipinski definition) is 3. The normalized spacial score (nSPS) is 10.9. The Bertz CT molecular complexity index is 1440. The van der Waals surface area contributed by atoms with Crippen molar-refractivity contribution in [2.45, 2.75) is 11.4 Å². The molecule has 0 spiro atoms. The van der Waals surface area contributed by atoms with Crippen molar-refractivity contribution in [3.63, 3.8) is 0 Å². The van der Waals surface area contributed by atoms with Crippen LogP contribution in [0.15, 0.2) is 107 Å². The molecular formula is C27H25N3O6S2. The number of carbonyl (C=O) groups excluding carboxylic acids is 1. The molecule has 1 amide bonds. The molecule has 38 heavy (non-hydrogen) atoms. The predicted molar refractivity (Wildman–Crippen MR) is 147 cm³/mol. The van der Waals surface area contributed by atoms with Gasteiger partial charge in [0.05, 0.1) is 17.7 Å². The van der Waals surface area contributed by atoms with Crippen LogP contribution in [0.1, 0.15) is 16.1 Å². The van der Waals surface area contributed by atoms with Crippen molar-refractivity contribution < 1.29 is 27.1 Å². The fraction of sp³-hybridized carbons (Fsp3) is 0.111. The van der Waals surface area contributed by atoms with Gasteiger partial charge >= 0.3 is 0 Å². The lowest BCUT2D eigenvalue weighted by atomic mass is 10.2. The summed E-state index contributed by atoms with van der Waals surface area (Å²) in [6, 6.07) is 25.4. The van der Waals surface area contributed by atoms with E-state index in [1.807, 2.05) is 30.3 Å². The van der Waals surface area contributed by atoms with Crippen LogP contribution in [0.5, 0.6) is 11.5 Å². The van der Waals surface area contributed by atoms with E-state index in [1.165, 1.54) is 18.4 Å². The first-order valence-corrected chi connectivity index (χ1v) is 13.4. The van der Waals surface area contributed by atoms with E-state index in [0.717, 1.165) is 5.75 Å². The Morgan fingerprint density at radius 3 is 2.11 bits per heavy atom. The number of hydrogen-bond acceptors (Lipinski definition) is 7. The van der Waals surface area contributed by atoms with Gasteiger partial charge in [-0.05, 0) is 85.0 Å². The first kappa shape index (κ1) is 26.9. The van der Waals surface area contributed by atoms with E-state index in [-0.39, 0.29) is 16.6 Å². The number of nitrogens with one attached hydrogen (secondary N) is 3. The molecular weight excluding hydrogens is 526 g/mol. The van der Waals surface area contributed by atoms with Crippen LogP contribution in [-0.4, -0.2) is 32.7 Å². The highest BCUT2D eigenvalue weighted by atomic mass is 32.2. The second-order valence-electron chi connectivity index (χ2n) is 7.87. The average Bonchev–Trinajstić information content (AvgIpc) is 3.45. The Morgan fingerprint density at radius 1 is 0.816 bits per heavy atom.